The highest BCUT2D eigenvalue weighted by Crippen LogP contribution is 2.11. The number of amides is 2. The van der Waals surface area contributed by atoms with Crippen LogP contribution in [0.25, 0.3) is 0 Å². The summed E-state index contributed by atoms with van der Waals surface area (Å²) in [5.74, 6) is 0.263. The molecule has 1 aromatic rings. The Morgan fingerprint density at radius 2 is 2.23 bits per heavy atom. The van der Waals surface area contributed by atoms with E-state index < -0.39 is 0 Å². The largest absolute Gasteiger partial charge is 0.354 e. The van der Waals surface area contributed by atoms with Crippen molar-refractivity contribution in [1.29, 1.82) is 0 Å². The van der Waals surface area contributed by atoms with Crippen LogP contribution >= 0.6 is 0 Å². The number of hydrogen-bond acceptors (Lipinski definition) is 3. The van der Waals surface area contributed by atoms with Gasteiger partial charge in [-0.3, -0.25) is 14.3 Å². The van der Waals surface area contributed by atoms with Gasteiger partial charge < -0.3 is 10.2 Å². The number of rotatable bonds is 7. The number of carbonyl (C=O) groups excluding carboxylic acids is 2. The zero-order valence-corrected chi connectivity index (χ0v) is 13.8. The number of likely N-dealkylation sites (tertiary alicyclic amines) is 1. The van der Waals surface area contributed by atoms with Crippen LogP contribution < -0.4 is 5.32 Å². The molecule has 0 radical (unpaired) electrons. The molecule has 0 bridgehead atoms. The predicted molar refractivity (Wildman–Crippen MR) is 84.5 cm³/mol. The van der Waals surface area contributed by atoms with E-state index in [9.17, 15) is 9.59 Å². The van der Waals surface area contributed by atoms with Gasteiger partial charge in [0.1, 0.15) is 0 Å². The lowest BCUT2D eigenvalue weighted by Gasteiger charge is -2.16. The average molecular weight is 306 g/mol. The smallest absolute Gasteiger partial charge is 0.222 e. The van der Waals surface area contributed by atoms with E-state index >= 15 is 0 Å². The quantitative estimate of drug-likeness (QED) is 0.831. The average Bonchev–Trinajstić information content (AvgIpc) is 3.02. The van der Waals surface area contributed by atoms with E-state index in [1.807, 2.05) is 36.4 Å². The number of nitrogens with one attached hydrogen (secondary N) is 1. The van der Waals surface area contributed by atoms with Crippen LogP contribution in [0.4, 0.5) is 0 Å². The zero-order chi connectivity index (χ0) is 16.1. The van der Waals surface area contributed by atoms with Gasteiger partial charge in [-0.2, -0.15) is 5.10 Å². The highest BCUT2D eigenvalue weighted by atomic mass is 16.2. The fraction of sp³-hybridized carbons (Fsp3) is 0.688. The number of carbonyl (C=O) groups is 2. The zero-order valence-electron chi connectivity index (χ0n) is 13.8. The Bertz CT molecular complexity index is 538. The van der Waals surface area contributed by atoms with Crippen molar-refractivity contribution in [2.24, 2.45) is 0 Å². The van der Waals surface area contributed by atoms with Crippen LogP contribution in [0.5, 0.6) is 0 Å². The summed E-state index contributed by atoms with van der Waals surface area (Å²) in [7, 11) is 0. The van der Waals surface area contributed by atoms with Crippen LogP contribution in [0, 0.1) is 13.8 Å². The Kier molecular flexibility index (Phi) is 5.57. The lowest BCUT2D eigenvalue weighted by molar-refractivity contribution is -0.128. The molecule has 6 heteroatoms. The molecule has 1 unspecified atom stereocenters. The van der Waals surface area contributed by atoms with Gasteiger partial charge in [-0.1, -0.05) is 0 Å². The maximum absolute atomic E-state index is 11.9. The molecule has 1 N–H and O–H groups in total. The van der Waals surface area contributed by atoms with E-state index in [1.54, 1.807) is 0 Å². The van der Waals surface area contributed by atoms with Crippen LogP contribution in [-0.4, -0.2) is 46.1 Å². The van der Waals surface area contributed by atoms with Crippen LogP contribution in [0.2, 0.25) is 0 Å². The number of aromatic nitrogens is 2. The molecule has 0 saturated carbocycles. The minimum Gasteiger partial charge on any atom is -0.354 e. The van der Waals surface area contributed by atoms with E-state index in [0.29, 0.717) is 25.9 Å². The number of nitrogens with zero attached hydrogens (tertiary/aromatic N) is 3. The fourth-order valence-corrected chi connectivity index (χ4v) is 2.90. The lowest BCUT2D eigenvalue weighted by Crippen LogP contribution is -2.31. The molecular formula is C16H26N4O2. The van der Waals surface area contributed by atoms with Gasteiger partial charge in [0.2, 0.25) is 11.8 Å². The van der Waals surface area contributed by atoms with E-state index in [0.717, 1.165) is 30.8 Å². The fourth-order valence-electron chi connectivity index (χ4n) is 2.90. The second kappa shape index (κ2) is 7.42. The Hall–Kier alpha value is -1.85. The minimum atomic E-state index is 0.0417. The van der Waals surface area contributed by atoms with Crippen molar-refractivity contribution in [2.45, 2.75) is 52.5 Å². The molecule has 0 spiro atoms. The van der Waals surface area contributed by atoms with Crippen molar-refractivity contribution in [3.63, 3.8) is 0 Å². The molecule has 2 rings (SSSR count). The van der Waals surface area contributed by atoms with Gasteiger partial charge in [0.05, 0.1) is 11.7 Å². The molecule has 6 nitrogen and oxygen atoms in total. The van der Waals surface area contributed by atoms with Gasteiger partial charge in [-0.25, -0.2) is 0 Å². The maximum Gasteiger partial charge on any atom is 0.222 e. The summed E-state index contributed by atoms with van der Waals surface area (Å²) in [6.07, 6.45) is 2.80. The first kappa shape index (κ1) is 16.5. The third-order valence-corrected chi connectivity index (χ3v) is 4.06. The molecule has 22 heavy (non-hydrogen) atoms. The standard InChI is InChI=1S/C16H26N4O2/c1-12-10-13(2)20(18-12)14(3)11-17-15(21)6-4-8-19-9-5-7-16(19)22/h10,14H,4-9,11H2,1-3H3,(H,17,21). The van der Waals surface area contributed by atoms with Crippen LogP contribution in [0.3, 0.4) is 0 Å². The van der Waals surface area contributed by atoms with E-state index in [1.165, 1.54) is 0 Å². The summed E-state index contributed by atoms with van der Waals surface area (Å²) in [6, 6.07) is 2.17. The molecule has 2 amide bonds. The first-order valence-electron chi connectivity index (χ1n) is 8.04. The topological polar surface area (TPSA) is 67.2 Å². The maximum atomic E-state index is 11.9. The van der Waals surface area contributed by atoms with Gasteiger partial charge >= 0.3 is 0 Å². The molecular weight excluding hydrogens is 280 g/mol. The van der Waals surface area contributed by atoms with E-state index in [4.69, 9.17) is 0 Å². The van der Waals surface area contributed by atoms with Gasteiger partial charge in [-0.05, 0) is 39.7 Å². The molecule has 1 fully saturated rings. The van der Waals surface area contributed by atoms with E-state index in [-0.39, 0.29) is 17.9 Å². The summed E-state index contributed by atoms with van der Waals surface area (Å²) >= 11 is 0. The molecule has 0 aliphatic carbocycles. The summed E-state index contributed by atoms with van der Waals surface area (Å²) in [4.78, 5) is 25.2. The molecule has 1 aliphatic heterocycles. The van der Waals surface area contributed by atoms with Crippen molar-refractivity contribution in [1.82, 2.24) is 20.0 Å². The normalized spacial score (nSPS) is 16.1. The summed E-state index contributed by atoms with van der Waals surface area (Å²) < 4.78 is 1.94. The Balaban J connectivity index is 1.67. The Morgan fingerprint density at radius 3 is 2.82 bits per heavy atom. The highest BCUT2D eigenvalue weighted by molar-refractivity contribution is 5.78. The Morgan fingerprint density at radius 1 is 1.45 bits per heavy atom. The number of aryl methyl sites for hydroxylation is 2. The summed E-state index contributed by atoms with van der Waals surface area (Å²) in [6.45, 7) is 8.14. The highest BCUT2D eigenvalue weighted by Gasteiger charge is 2.19. The monoisotopic (exact) mass is 306 g/mol. The second-order valence-corrected chi connectivity index (χ2v) is 6.11. The van der Waals surface area contributed by atoms with Crippen molar-refractivity contribution in [3.8, 4) is 0 Å². The Labute approximate surface area is 131 Å². The van der Waals surface area contributed by atoms with Gasteiger partial charge in [0, 0.05) is 38.2 Å². The van der Waals surface area contributed by atoms with Gasteiger partial charge in [-0.15, -0.1) is 0 Å². The van der Waals surface area contributed by atoms with Crippen molar-refractivity contribution < 1.29 is 9.59 Å². The van der Waals surface area contributed by atoms with Gasteiger partial charge in [0.15, 0.2) is 0 Å². The molecule has 122 valence electrons. The number of hydrogen-bond donors (Lipinski definition) is 1. The third-order valence-electron chi connectivity index (χ3n) is 4.06. The van der Waals surface area contributed by atoms with Crippen LogP contribution in [0.1, 0.15) is 50.0 Å². The van der Waals surface area contributed by atoms with E-state index in [2.05, 4.69) is 10.4 Å². The summed E-state index contributed by atoms with van der Waals surface area (Å²) in [5, 5.41) is 7.38. The third kappa shape index (κ3) is 4.32. The predicted octanol–water partition coefficient (Wildman–Crippen LogP) is 1.58. The van der Waals surface area contributed by atoms with Gasteiger partial charge in [0.25, 0.3) is 0 Å². The van der Waals surface area contributed by atoms with Crippen molar-refractivity contribution >= 4 is 11.8 Å². The first-order chi connectivity index (χ1) is 10.5. The van der Waals surface area contributed by atoms with Crippen molar-refractivity contribution in [3.05, 3.63) is 17.5 Å². The molecule has 1 aromatic heterocycles. The lowest BCUT2D eigenvalue weighted by atomic mass is 10.2. The summed E-state index contributed by atoms with van der Waals surface area (Å²) in [5.41, 5.74) is 2.10. The first-order valence-corrected chi connectivity index (χ1v) is 8.04. The van der Waals surface area contributed by atoms with Crippen LogP contribution in [-0.2, 0) is 9.59 Å². The molecule has 1 aliphatic rings. The molecule has 2 heterocycles. The molecule has 1 atom stereocenters. The SMILES string of the molecule is Cc1cc(C)n(C(C)CNC(=O)CCCN2CCCC2=O)n1. The minimum absolute atomic E-state index is 0.0417. The van der Waals surface area contributed by atoms with Crippen molar-refractivity contribution in [2.75, 3.05) is 19.6 Å². The molecule has 1 saturated heterocycles. The second-order valence-electron chi connectivity index (χ2n) is 6.11. The van der Waals surface area contributed by atoms with Crippen LogP contribution in [0.15, 0.2) is 6.07 Å². The molecule has 0 aromatic carbocycles.